The first-order valence-corrected chi connectivity index (χ1v) is 22.5. The van der Waals surface area contributed by atoms with Crippen molar-refractivity contribution in [1.29, 1.82) is 0 Å². The van der Waals surface area contributed by atoms with Gasteiger partial charge in [-0.1, -0.05) is 60.3 Å². The molecule has 0 spiro atoms. The van der Waals surface area contributed by atoms with Gasteiger partial charge in [0.25, 0.3) is 0 Å². The Morgan fingerprint density at radius 2 is 1.66 bits per heavy atom. The Hall–Kier alpha value is -1.15. The van der Waals surface area contributed by atoms with Crippen molar-refractivity contribution in [3.8, 4) is 0 Å². The Morgan fingerprint density at radius 1 is 0.920 bits per heavy atom. The fourth-order valence-corrected chi connectivity index (χ4v) is 12.5. The van der Waals surface area contributed by atoms with E-state index in [1.54, 1.807) is 4.90 Å². The molecule has 9 nitrogen and oxygen atoms in total. The van der Waals surface area contributed by atoms with E-state index in [4.69, 9.17) is 9.26 Å². The minimum atomic E-state index is -3.64. The van der Waals surface area contributed by atoms with Crippen LogP contribution in [-0.4, -0.2) is 71.5 Å². The predicted molar refractivity (Wildman–Crippen MR) is 198 cm³/mol. The van der Waals surface area contributed by atoms with Gasteiger partial charge in [0.15, 0.2) is 0 Å². The Balaban J connectivity index is 1.00. The first-order valence-electron chi connectivity index (χ1n) is 20.5. The quantitative estimate of drug-likeness (QED) is 0.114. The van der Waals surface area contributed by atoms with Crippen molar-refractivity contribution in [2.45, 2.75) is 162 Å². The van der Waals surface area contributed by atoms with Gasteiger partial charge >= 0.3 is 13.7 Å². The fourth-order valence-electron chi connectivity index (χ4n) is 12.0. The summed E-state index contributed by atoms with van der Waals surface area (Å²) in [5.41, 5.74) is 0.894. The number of β-amino-alcohol motifs (C(OH)–C–C–N with tert-alkyl or cyclic N) is 1. The summed E-state index contributed by atoms with van der Waals surface area (Å²) in [6.45, 7) is 14.4. The van der Waals surface area contributed by atoms with Crippen molar-refractivity contribution < 1.29 is 33.4 Å². The van der Waals surface area contributed by atoms with Crippen LogP contribution in [0.15, 0.2) is 0 Å². The fraction of sp³-hybridized carbons (Fsp3) is 0.950. The maximum atomic E-state index is 12.8. The van der Waals surface area contributed by atoms with E-state index in [1.165, 1.54) is 64.2 Å². The molecule has 0 aromatic rings. The first-order chi connectivity index (χ1) is 23.6. The molecule has 4 saturated carbocycles. The van der Waals surface area contributed by atoms with Gasteiger partial charge in [0, 0.05) is 26.2 Å². The average molecular weight is 723 g/mol. The number of hydrogen-bond donors (Lipinski definition) is 3. The lowest BCUT2D eigenvalue weighted by Gasteiger charge is -2.61. The number of ether oxygens (including phenoxy) is 1. The molecule has 50 heavy (non-hydrogen) atoms. The van der Waals surface area contributed by atoms with E-state index < -0.39 is 19.7 Å². The number of fused-ring (bicyclic) bond motifs is 5. The van der Waals surface area contributed by atoms with Gasteiger partial charge in [-0.25, -0.2) is 4.79 Å². The number of carbonyl (C=O) groups excluding carboxylic acids is 2. The maximum Gasteiger partial charge on any atom is 0.407 e. The highest BCUT2D eigenvalue weighted by Gasteiger charge is 2.60. The van der Waals surface area contributed by atoms with Gasteiger partial charge in [-0.3, -0.25) is 9.36 Å². The van der Waals surface area contributed by atoms with Gasteiger partial charge in [0.1, 0.15) is 6.10 Å². The van der Waals surface area contributed by atoms with Crippen LogP contribution < -0.4 is 5.32 Å². The van der Waals surface area contributed by atoms with Crippen molar-refractivity contribution in [3.05, 3.63) is 0 Å². The van der Waals surface area contributed by atoms with Crippen molar-refractivity contribution in [2.24, 2.45) is 52.3 Å². The van der Waals surface area contributed by atoms with Crippen molar-refractivity contribution >= 4 is 19.6 Å². The molecule has 0 bridgehead atoms. The second-order valence-corrected chi connectivity index (χ2v) is 20.3. The number of nitrogens with one attached hydrogen (secondary N) is 1. The van der Waals surface area contributed by atoms with E-state index in [-0.39, 0.29) is 31.3 Å². The number of carbonyl (C=O) groups is 2. The zero-order valence-corrected chi connectivity index (χ0v) is 33.1. The summed E-state index contributed by atoms with van der Waals surface area (Å²) in [6.07, 6.45) is 17.5. The summed E-state index contributed by atoms with van der Waals surface area (Å²) >= 11 is 0. The van der Waals surface area contributed by atoms with Crippen LogP contribution >= 0.6 is 7.60 Å². The summed E-state index contributed by atoms with van der Waals surface area (Å²) in [5, 5.41) is 13.0. The van der Waals surface area contributed by atoms with Gasteiger partial charge in [-0.2, -0.15) is 0 Å². The SMILES string of the molecule is CC(C)CCC[C@@H](C)[C@H]1CCC2C3CCC4C[C@@H](OC(=O)NCCCCCC(=O)N5CC(O)CC5COP(C)(=O)O)CC[C@]4(C)C3CC[C@@]21C. The molecule has 4 aliphatic carbocycles. The van der Waals surface area contributed by atoms with Crippen LogP contribution in [0.1, 0.15) is 144 Å². The maximum absolute atomic E-state index is 12.8. The summed E-state index contributed by atoms with van der Waals surface area (Å²) < 4.78 is 22.5. The average Bonchev–Trinajstić information content (AvgIpc) is 3.60. The second kappa shape index (κ2) is 16.9. The molecule has 5 aliphatic rings. The van der Waals surface area contributed by atoms with Gasteiger partial charge in [0.2, 0.25) is 5.91 Å². The summed E-state index contributed by atoms with van der Waals surface area (Å²) in [4.78, 5) is 36.5. The monoisotopic (exact) mass is 722 g/mol. The number of likely N-dealkylation sites (tertiary alicyclic amines) is 1. The molecule has 5 rings (SSSR count). The third-order valence-corrected chi connectivity index (χ3v) is 15.3. The third-order valence-electron chi connectivity index (χ3n) is 14.6. The molecule has 288 valence electrons. The number of aliphatic hydroxyl groups is 1. The lowest BCUT2D eigenvalue weighted by Crippen LogP contribution is -2.54. The highest BCUT2D eigenvalue weighted by atomic mass is 31.2. The normalized spacial score (nSPS) is 38.5. The Bertz CT molecular complexity index is 1190. The number of alkyl carbamates (subject to hydrolysis) is 1. The molecule has 0 aromatic carbocycles. The van der Waals surface area contributed by atoms with Crippen LogP contribution in [0.3, 0.4) is 0 Å². The largest absolute Gasteiger partial charge is 0.446 e. The van der Waals surface area contributed by atoms with Gasteiger partial charge < -0.3 is 29.5 Å². The number of nitrogens with zero attached hydrogens (tertiary/aromatic N) is 1. The van der Waals surface area contributed by atoms with Crippen LogP contribution in [0.5, 0.6) is 0 Å². The molecule has 3 N–H and O–H groups in total. The number of aliphatic hydroxyl groups excluding tert-OH is 1. The van der Waals surface area contributed by atoms with E-state index in [2.05, 4.69) is 39.9 Å². The minimum Gasteiger partial charge on any atom is -0.446 e. The molecule has 0 aromatic heterocycles. The highest BCUT2D eigenvalue weighted by molar-refractivity contribution is 7.51. The third kappa shape index (κ3) is 9.49. The predicted octanol–water partition coefficient (Wildman–Crippen LogP) is 8.56. The molecular formula is C40H71N2O7P. The molecule has 1 saturated heterocycles. The van der Waals surface area contributed by atoms with Crippen molar-refractivity contribution in [2.75, 3.05) is 26.4 Å². The number of unbranched alkanes of at least 4 members (excludes halogenated alkanes) is 2. The second-order valence-electron chi connectivity index (χ2n) is 18.4. The molecule has 5 fully saturated rings. The van der Waals surface area contributed by atoms with Crippen LogP contribution in [0.25, 0.3) is 0 Å². The zero-order valence-electron chi connectivity index (χ0n) is 32.2. The highest BCUT2D eigenvalue weighted by Crippen LogP contribution is 2.68. The van der Waals surface area contributed by atoms with Crippen LogP contribution in [0.2, 0.25) is 0 Å². The van der Waals surface area contributed by atoms with Gasteiger partial charge in [-0.15, -0.1) is 0 Å². The molecule has 0 radical (unpaired) electrons. The smallest absolute Gasteiger partial charge is 0.407 e. The van der Waals surface area contributed by atoms with Gasteiger partial charge in [0.05, 0.1) is 18.8 Å². The molecule has 10 heteroatoms. The summed E-state index contributed by atoms with van der Waals surface area (Å²) in [5.74, 6) is 5.70. The Labute approximate surface area is 303 Å². The molecule has 2 amide bonds. The number of hydrogen-bond acceptors (Lipinski definition) is 6. The van der Waals surface area contributed by atoms with E-state index >= 15 is 0 Å². The van der Waals surface area contributed by atoms with Crippen molar-refractivity contribution in [3.63, 3.8) is 0 Å². The summed E-state index contributed by atoms with van der Waals surface area (Å²) in [6, 6.07) is -0.390. The molecule has 1 aliphatic heterocycles. The van der Waals surface area contributed by atoms with E-state index in [0.717, 1.165) is 67.9 Å². The van der Waals surface area contributed by atoms with Crippen LogP contribution in [-0.2, 0) is 18.6 Å². The number of amides is 2. The van der Waals surface area contributed by atoms with E-state index in [9.17, 15) is 24.2 Å². The van der Waals surface area contributed by atoms with Crippen LogP contribution in [0.4, 0.5) is 4.79 Å². The van der Waals surface area contributed by atoms with E-state index in [0.29, 0.717) is 42.6 Å². The lowest BCUT2D eigenvalue weighted by molar-refractivity contribution is -0.133. The van der Waals surface area contributed by atoms with Gasteiger partial charge in [-0.05, 0) is 129 Å². The Morgan fingerprint density at radius 3 is 2.40 bits per heavy atom. The minimum absolute atomic E-state index is 0.00108. The first kappa shape index (κ1) is 40.0. The van der Waals surface area contributed by atoms with E-state index in [1.807, 2.05) is 0 Å². The molecule has 7 unspecified atom stereocenters. The lowest BCUT2D eigenvalue weighted by atomic mass is 9.44. The molecular weight excluding hydrogens is 651 g/mol. The molecule has 12 atom stereocenters. The Kier molecular flexibility index (Phi) is 13.5. The molecule has 1 heterocycles. The summed E-state index contributed by atoms with van der Waals surface area (Å²) in [7, 11) is -3.64. The van der Waals surface area contributed by atoms with Crippen LogP contribution in [0, 0.1) is 52.3 Å². The zero-order chi connectivity index (χ0) is 36.3. The topological polar surface area (TPSA) is 125 Å². The van der Waals surface area contributed by atoms with Crippen molar-refractivity contribution in [1.82, 2.24) is 10.2 Å². The number of rotatable bonds is 15. The standard InChI is InChI=1S/C40H71N2O7P/c1-27(2)11-10-12-28(3)34-16-17-35-33-15-14-29-23-32(18-20-39(29,4)36(33)19-21-40(34,35)5)49-38(45)41-22-9-7-8-13-37(44)42-25-31(43)24-30(42)26-48-50(6,46)47/h27-36,43H,7-26H2,1-6H3,(H,41,45)(H,46,47)/t28-,29?,30?,31?,32+,33?,34-,35?,36?,39+,40-/m1/s1.